The number of ether oxygens (including phenoxy) is 1. The molecule has 2 heterocycles. The van der Waals surface area contributed by atoms with E-state index in [1.165, 1.54) is 18.2 Å². The number of nitrogens with zero attached hydrogens (tertiary/aromatic N) is 5. The SMILES string of the molecule is O=C(OCn1nnc2ccccc2c1=O)C1CC(O)CN1S(=O)(=O)c1ccccc1[N+](=O)[O-]. The normalized spacial score (nSPS) is 18.9. The van der Waals surface area contributed by atoms with E-state index in [2.05, 4.69) is 10.3 Å². The van der Waals surface area contributed by atoms with E-state index < -0.39 is 62.5 Å². The third kappa shape index (κ3) is 4.18. The van der Waals surface area contributed by atoms with Crippen LogP contribution in [0.2, 0.25) is 0 Å². The first-order valence-corrected chi connectivity index (χ1v) is 11.1. The molecule has 172 valence electrons. The Morgan fingerprint density at radius 3 is 2.67 bits per heavy atom. The molecule has 0 radical (unpaired) electrons. The summed E-state index contributed by atoms with van der Waals surface area (Å²) in [6.45, 7) is -1.09. The van der Waals surface area contributed by atoms with Gasteiger partial charge in [0.15, 0.2) is 11.6 Å². The van der Waals surface area contributed by atoms with Gasteiger partial charge in [-0.05, 0) is 18.2 Å². The average Bonchev–Trinajstić information content (AvgIpc) is 3.21. The molecule has 1 saturated heterocycles. The molecule has 0 spiro atoms. The number of fused-ring (bicyclic) bond motifs is 1. The lowest BCUT2D eigenvalue weighted by Gasteiger charge is -2.22. The van der Waals surface area contributed by atoms with Crippen LogP contribution < -0.4 is 5.56 Å². The van der Waals surface area contributed by atoms with E-state index in [0.717, 1.165) is 16.8 Å². The van der Waals surface area contributed by atoms with Crippen molar-refractivity contribution < 1.29 is 28.0 Å². The van der Waals surface area contributed by atoms with Crippen LogP contribution in [0.3, 0.4) is 0 Å². The van der Waals surface area contributed by atoms with Gasteiger partial charge in [0.1, 0.15) is 11.6 Å². The molecule has 2 atom stereocenters. The second kappa shape index (κ2) is 8.65. The molecule has 0 saturated carbocycles. The summed E-state index contributed by atoms with van der Waals surface area (Å²) in [6.07, 6.45) is -1.47. The molecule has 1 N–H and O–H groups in total. The van der Waals surface area contributed by atoms with Gasteiger partial charge in [-0.2, -0.15) is 8.99 Å². The highest BCUT2D eigenvalue weighted by Gasteiger charge is 2.46. The van der Waals surface area contributed by atoms with E-state index in [9.17, 15) is 33.2 Å². The van der Waals surface area contributed by atoms with E-state index in [-0.39, 0.29) is 11.8 Å². The monoisotopic (exact) mass is 475 g/mol. The van der Waals surface area contributed by atoms with E-state index >= 15 is 0 Å². The number of hydrogen-bond acceptors (Lipinski definition) is 10. The zero-order valence-electron chi connectivity index (χ0n) is 16.8. The minimum Gasteiger partial charge on any atom is -0.441 e. The number of carbonyl (C=O) groups is 1. The lowest BCUT2D eigenvalue weighted by molar-refractivity contribution is -0.387. The Balaban J connectivity index is 1.58. The summed E-state index contributed by atoms with van der Waals surface area (Å²) >= 11 is 0. The Bertz CT molecular complexity index is 1410. The van der Waals surface area contributed by atoms with Gasteiger partial charge in [-0.3, -0.25) is 19.7 Å². The van der Waals surface area contributed by atoms with Crippen molar-refractivity contribution in [1.29, 1.82) is 0 Å². The molecular weight excluding hydrogens is 458 g/mol. The van der Waals surface area contributed by atoms with Crippen molar-refractivity contribution in [3.8, 4) is 0 Å². The summed E-state index contributed by atoms with van der Waals surface area (Å²) in [7, 11) is -4.53. The number of β-amino-alcohol motifs (C(OH)–C–C–N with tert-alkyl or cyclic N) is 1. The second-order valence-corrected chi connectivity index (χ2v) is 9.07. The Morgan fingerprint density at radius 2 is 1.91 bits per heavy atom. The van der Waals surface area contributed by atoms with Crippen molar-refractivity contribution in [3.63, 3.8) is 0 Å². The third-order valence-electron chi connectivity index (χ3n) is 5.11. The Kier molecular flexibility index (Phi) is 5.88. The van der Waals surface area contributed by atoms with Gasteiger partial charge in [-0.1, -0.05) is 29.5 Å². The summed E-state index contributed by atoms with van der Waals surface area (Å²) < 4.78 is 32.8. The van der Waals surface area contributed by atoms with E-state index in [4.69, 9.17) is 4.74 Å². The Hall–Kier alpha value is -3.75. The number of nitro benzene ring substituents is 1. The Labute approximate surface area is 186 Å². The van der Waals surface area contributed by atoms with Crippen LogP contribution in [0.4, 0.5) is 5.69 Å². The number of nitro groups is 1. The van der Waals surface area contributed by atoms with Crippen LogP contribution in [0.25, 0.3) is 10.9 Å². The van der Waals surface area contributed by atoms with Gasteiger partial charge in [0.2, 0.25) is 0 Å². The van der Waals surface area contributed by atoms with Crippen LogP contribution in [-0.4, -0.2) is 62.4 Å². The smallest absolute Gasteiger partial charge is 0.326 e. The molecule has 4 rings (SSSR count). The fourth-order valence-electron chi connectivity index (χ4n) is 3.55. The van der Waals surface area contributed by atoms with Crippen LogP contribution in [0.15, 0.2) is 58.2 Å². The molecule has 1 aliphatic rings. The minimum absolute atomic E-state index is 0.250. The molecule has 33 heavy (non-hydrogen) atoms. The fraction of sp³-hybridized carbons (Fsp3) is 0.263. The molecule has 0 bridgehead atoms. The number of aliphatic hydroxyl groups excluding tert-OH is 1. The number of aromatic nitrogens is 3. The van der Waals surface area contributed by atoms with E-state index in [1.807, 2.05) is 0 Å². The predicted molar refractivity (Wildman–Crippen MR) is 111 cm³/mol. The summed E-state index contributed by atoms with van der Waals surface area (Å²) in [5.74, 6) is -1.05. The highest BCUT2D eigenvalue weighted by molar-refractivity contribution is 7.89. The molecule has 3 aromatic rings. The maximum atomic E-state index is 13.1. The van der Waals surface area contributed by atoms with Crippen LogP contribution in [0.1, 0.15) is 6.42 Å². The number of para-hydroxylation sites is 1. The van der Waals surface area contributed by atoms with Crippen molar-refractivity contribution >= 4 is 32.6 Å². The molecule has 1 aliphatic heterocycles. The third-order valence-corrected chi connectivity index (χ3v) is 7.03. The topological polar surface area (TPSA) is 175 Å². The van der Waals surface area contributed by atoms with Gasteiger partial charge in [0.25, 0.3) is 21.3 Å². The molecule has 13 nitrogen and oxygen atoms in total. The summed E-state index contributed by atoms with van der Waals surface area (Å²) in [5.41, 5.74) is -0.876. The number of aliphatic hydroxyl groups is 1. The van der Waals surface area contributed by atoms with E-state index in [0.29, 0.717) is 9.82 Å². The largest absolute Gasteiger partial charge is 0.441 e. The fourth-order valence-corrected chi connectivity index (χ4v) is 5.33. The molecule has 1 fully saturated rings. The van der Waals surface area contributed by atoms with Gasteiger partial charge >= 0.3 is 5.97 Å². The lowest BCUT2D eigenvalue weighted by Crippen LogP contribution is -2.42. The second-order valence-electron chi connectivity index (χ2n) is 7.21. The molecule has 1 aromatic heterocycles. The van der Waals surface area contributed by atoms with Crippen molar-refractivity contribution in [3.05, 3.63) is 69.0 Å². The zero-order valence-corrected chi connectivity index (χ0v) is 17.7. The van der Waals surface area contributed by atoms with Gasteiger partial charge < -0.3 is 9.84 Å². The van der Waals surface area contributed by atoms with Crippen molar-refractivity contribution in [2.45, 2.75) is 30.2 Å². The van der Waals surface area contributed by atoms with Crippen LogP contribution in [0.5, 0.6) is 0 Å². The first kappa shape index (κ1) is 22.4. The quantitative estimate of drug-likeness (QED) is 0.291. The van der Waals surface area contributed by atoms with Crippen molar-refractivity contribution in [2.24, 2.45) is 0 Å². The standard InChI is InChI=1S/C19H17N5O8S/c25-12-9-16(23(10-12)33(30,31)17-8-4-3-7-15(17)24(28)29)19(27)32-11-22-18(26)13-5-1-2-6-14(13)20-21-22/h1-8,12,16,25H,9-11H2. The van der Waals surface area contributed by atoms with Gasteiger partial charge in [-0.25, -0.2) is 8.42 Å². The van der Waals surface area contributed by atoms with Crippen LogP contribution in [0, 0.1) is 10.1 Å². The first-order chi connectivity index (χ1) is 15.7. The molecule has 2 unspecified atom stereocenters. The van der Waals surface area contributed by atoms with Gasteiger partial charge in [-0.15, -0.1) is 5.10 Å². The number of sulfonamides is 1. The summed E-state index contributed by atoms with van der Waals surface area (Å²) in [4.78, 5) is 35.0. The predicted octanol–water partition coefficient (Wildman–Crippen LogP) is 0.0245. The summed E-state index contributed by atoms with van der Waals surface area (Å²) in [5, 5.41) is 29.1. The zero-order chi connectivity index (χ0) is 23.8. The molecular formula is C19H17N5O8S. The van der Waals surface area contributed by atoms with Crippen LogP contribution >= 0.6 is 0 Å². The molecule has 2 aromatic carbocycles. The first-order valence-electron chi connectivity index (χ1n) is 9.62. The maximum Gasteiger partial charge on any atom is 0.326 e. The van der Waals surface area contributed by atoms with E-state index in [1.54, 1.807) is 18.2 Å². The number of esters is 1. The minimum atomic E-state index is -4.53. The molecule has 0 amide bonds. The summed E-state index contributed by atoms with van der Waals surface area (Å²) in [6, 6.07) is 9.67. The molecule has 14 heteroatoms. The van der Waals surface area contributed by atoms with Gasteiger partial charge in [0, 0.05) is 19.0 Å². The van der Waals surface area contributed by atoms with Crippen LogP contribution in [-0.2, 0) is 26.3 Å². The van der Waals surface area contributed by atoms with Crippen molar-refractivity contribution in [2.75, 3.05) is 6.54 Å². The lowest BCUT2D eigenvalue weighted by atomic mass is 10.2. The van der Waals surface area contributed by atoms with Crippen molar-refractivity contribution in [1.82, 2.24) is 19.3 Å². The number of carbonyl (C=O) groups excluding carboxylic acids is 1. The number of benzene rings is 2. The number of hydrogen-bond donors (Lipinski definition) is 1. The molecule has 0 aliphatic carbocycles. The average molecular weight is 475 g/mol. The number of rotatable bonds is 6. The van der Waals surface area contributed by atoms with Gasteiger partial charge in [0.05, 0.1) is 16.4 Å². The highest BCUT2D eigenvalue weighted by Crippen LogP contribution is 2.31. The highest BCUT2D eigenvalue weighted by atomic mass is 32.2. The Morgan fingerprint density at radius 1 is 1.21 bits per heavy atom. The maximum absolute atomic E-state index is 13.1.